The summed E-state index contributed by atoms with van der Waals surface area (Å²) >= 11 is 17.5. The minimum atomic E-state index is -0.823. The predicted octanol–water partition coefficient (Wildman–Crippen LogP) is 4.75. The largest absolute Gasteiger partial charge is 0.355 e. The molecule has 12 nitrogen and oxygen atoms in total. The van der Waals surface area contributed by atoms with Crippen molar-refractivity contribution in [2.24, 2.45) is 0 Å². The van der Waals surface area contributed by atoms with E-state index in [2.05, 4.69) is 26.1 Å². The lowest BCUT2D eigenvalue weighted by molar-refractivity contribution is -0.384. The molecule has 1 heterocycles. The van der Waals surface area contributed by atoms with Crippen molar-refractivity contribution in [3.05, 3.63) is 83.6 Å². The monoisotopic (exact) mass is 497 g/mol. The topological polar surface area (TPSA) is 165 Å². The lowest BCUT2D eigenvalue weighted by atomic mass is 10.2. The molecule has 0 atom stereocenters. The van der Waals surface area contributed by atoms with Crippen LogP contribution >= 0.6 is 34.8 Å². The number of amides is 1. The van der Waals surface area contributed by atoms with E-state index in [1.165, 1.54) is 30.3 Å². The molecule has 3 rings (SSSR count). The number of nitro benzene ring substituents is 1. The lowest BCUT2D eigenvalue weighted by Gasteiger charge is -2.11. The van der Waals surface area contributed by atoms with Gasteiger partial charge in [0.25, 0.3) is 11.6 Å². The number of carbonyl (C=O) groups excluding carboxylic acids is 1. The first-order valence-corrected chi connectivity index (χ1v) is 9.52. The van der Waals surface area contributed by atoms with Gasteiger partial charge in [-0.25, -0.2) is 9.97 Å². The predicted molar refractivity (Wildman–Crippen MR) is 118 cm³/mol. The number of anilines is 3. The van der Waals surface area contributed by atoms with Crippen LogP contribution in [0.3, 0.4) is 0 Å². The number of benzene rings is 2. The van der Waals surface area contributed by atoms with Gasteiger partial charge in [-0.2, -0.15) is 0 Å². The van der Waals surface area contributed by atoms with Crippen molar-refractivity contribution in [2.45, 2.75) is 0 Å². The van der Waals surface area contributed by atoms with E-state index in [0.717, 1.165) is 12.4 Å². The van der Waals surface area contributed by atoms with Gasteiger partial charge < -0.3 is 5.32 Å². The number of carbonyl (C=O) groups is 1. The number of aromatic nitrogens is 2. The SMILES string of the molecule is O=C(NNc1ncnc(Nc2ccc(Cl)c(Cl)c2)c1[N+](=O)[O-])c1ccc(Cl)c([N+](=O)[O-])c1. The molecule has 0 unspecified atom stereocenters. The highest BCUT2D eigenvalue weighted by molar-refractivity contribution is 6.42. The first-order valence-electron chi connectivity index (χ1n) is 8.39. The molecule has 15 heteroatoms. The molecule has 0 fully saturated rings. The highest BCUT2D eigenvalue weighted by Crippen LogP contribution is 2.33. The Hall–Kier alpha value is -3.74. The number of rotatable bonds is 7. The third kappa shape index (κ3) is 5.11. The molecule has 3 aromatic rings. The molecule has 2 aromatic carbocycles. The molecule has 0 bridgehead atoms. The highest BCUT2D eigenvalue weighted by atomic mass is 35.5. The van der Waals surface area contributed by atoms with Gasteiger partial charge in [0.1, 0.15) is 11.3 Å². The Bertz CT molecular complexity index is 1240. The Labute approximate surface area is 193 Å². The van der Waals surface area contributed by atoms with Crippen LogP contribution in [0.4, 0.5) is 28.7 Å². The van der Waals surface area contributed by atoms with Crippen molar-refractivity contribution in [3.8, 4) is 0 Å². The van der Waals surface area contributed by atoms with Gasteiger partial charge in [0.15, 0.2) is 0 Å². The molecule has 0 aliphatic rings. The summed E-state index contributed by atoms with van der Waals surface area (Å²) in [4.78, 5) is 41.0. The molecular formula is C17H10Cl3N7O5. The number of hydrogen-bond acceptors (Lipinski definition) is 9. The first-order chi connectivity index (χ1) is 15.2. The van der Waals surface area contributed by atoms with E-state index >= 15 is 0 Å². The molecule has 32 heavy (non-hydrogen) atoms. The maximum Gasteiger partial charge on any atom is 0.355 e. The van der Waals surface area contributed by atoms with Crippen molar-refractivity contribution < 1.29 is 14.6 Å². The summed E-state index contributed by atoms with van der Waals surface area (Å²) in [5.74, 6) is -1.36. The van der Waals surface area contributed by atoms with Crippen molar-refractivity contribution >= 4 is 69.4 Å². The summed E-state index contributed by atoms with van der Waals surface area (Å²) in [6.45, 7) is 0. The van der Waals surface area contributed by atoms with Gasteiger partial charge in [-0.05, 0) is 30.3 Å². The second-order valence-electron chi connectivity index (χ2n) is 5.93. The standard InChI is InChI=1S/C17H10Cl3N7O5/c18-10-4-2-9(6-12(10)20)23-15-14(27(31)32)16(22-7-21-15)24-25-17(28)8-1-3-11(19)13(5-8)26(29)30/h1-7H,(H,25,28)(H2,21,22,23,24). The summed E-state index contributed by atoms with van der Waals surface area (Å²) < 4.78 is 0. The van der Waals surface area contributed by atoms with E-state index in [4.69, 9.17) is 34.8 Å². The lowest BCUT2D eigenvalue weighted by Crippen LogP contribution is -2.30. The fourth-order valence-electron chi connectivity index (χ4n) is 2.43. The average Bonchev–Trinajstić information content (AvgIpc) is 2.74. The van der Waals surface area contributed by atoms with Gasteiger partial charge in [-0.15, -0.1) is 0 Å². The Morgan fingerprint density at radius 1 is 0.875 bits per heavy atom. The van der Waals surface area contributed by atoms with Crippen LogP contribution in [-0.2, 0) is 0 Å². The van der Waals surface area contributed by atoms with Crippen LogP contribution in [0.1, 0.15) is 10.4 Å². The zero-order valence-corrected chi connectivity index (χ0v) is 17.8. The average molecular weight is 499 g/mol. The molecular weight excluding hydrogens is 489 g/mol. The van der Waals surface area contributed by atoms with Crippen LogP contribution < -0.4 is 16.2 Å². The van der Waals surface area contributed by atoms with Gasteiger partial charge in [0, 0.05) is 17.3 Å². The summed E-state index contributed by atoms with van der Waals surface area (Å²) in [6, 6.07) is 7.86. The molecule has 0 saturated carbocycles. The van der Waals surface area contributed by atoms with Crippen LogP contribution in [0.2, 0.25) is 15.1 Å². The number of nitro groups is 2. The van der Waals surface area contributed by atoms with E-state index in [-0.39, 0.29) is 27.2 Å². The van der Waals surface area contributed by atoms with Crippen molar-refractivity contribution in [1.29, 1.82) is 0 Å². The maximum atomic E-state index is 12.3. The minimum Gasteiger partial charge on any atom is -0.334 e. The van der Waals surface area contributed by atoms with E-state index in [0.29, 0.717) is 10.7 Å². The Balaban J connectivity index is 1.84. The molecule has 164 valence electrons. The second kappa shape index (κ2) is 9.60. The minimum absolute atomic E-state index is 0.112. The number of nitrogens with zero attached hydrogens (tertiary/aromatic N) is 4. The quantitative estimate of drug-likeness (QED) is 0.307. The van der Waals surface area contributed by atoms with Gasteiger partial charge in [0.2, 0.25) is 11.6 Å². The van der Waals surface area contributed by atoms with Gasteiger partial charge in [-0.1, -0.05) is 34.8 Å². The smallest absolute Gasteiger partial charge is 0.334 e. The zero-order valence-electron chi connectivity index (χ0n) is 15.5. The van der Waals surface area contributed by atoms with Crippen molar-refractivity contribution in [3.63, 3.8) is 0 Å². The third-order valence-electron chi connectivity index (χ3n) is 3.89. The molecule has 0 saturated heterocycles. The second-order valence-corrected chi connectivity index (χ2v) is 7.15. The molecule has 0 aliphatic carbocycles. The summed E-state index contributed by atoms with van der Waals surface area (Å²) in [7, 11) is 0. The zero-order chi connectivity index (χ0) is 23.4. The molecule has 3 N–H and O–H groups in total. The number of hydrogen-bond donors (Lipinski definition) is 3. The van der Waals surface area contributed by atoms with Gasteiger partial charge in [-0.3, -0.25) is 35.9 Å². The van der Waals surface area contributed by atoms with E-state index in [1.807, 2.05) is 0 Å². The molecule has 1 aromatic heterocycles. The van der Waals surface area contributed by atoms with Crippen LogP contribution in [0.25, 0.3) is 0 Å². The summed E-state index contributed by atoms with van der Waals surface area (Å²) in [5.41, 5.74) is 3.71. The van der Waals surface area contributed by atoms with Gasteiger partial charge in [0.05, 0.1) is 19.9 Å². The highest BCUT2D eigenvalue weighted by Gasteiger charge is 2.24. The molecule has 0 aliphatic heterocycles. The van der Waals surface area contributed by atoms with Crippen molar-refractivity contribution in [2.75, 3.05) is 10.7 Å². The van der Waals surface area contributed by atoms with Crippen LogP contribution in [0.15, 0.2) is 42.7 Å². The fourth-order valence-corrected chi connectivity index (χ4v) is 2.91. The summed E-state index contributed by atoms with van der Waals surface area (Å²) in [5, 5.41) is 25.7. The molecule has 0 radical (unpaired) electrons. The van der Waals surface area contributed by atoms with Crippen LogP contribution in [0, 0.1) is 20.2 Å². The van der Waals surface area contributed by atoms with Crippen LogP contribution in [0.5, 0.6) is 0 Å². The van der Waals surface area contributed by atoms with E-state index in [1.54, 1.807) is 0 Å². The first kappa shape index (κ1) is 22.9. The number of halogens is 3. The normalized spacial score (nSPS) is 10.3. The number of hydrazine groups is 1. The Morgan fingerprint density at radius 3 is 2.22 bits per heavy atom. The number of nitrogens with one attached hydrogen (secondary N) is 3. The Morgan fingerprint density at radius 2 is 1.56 bits per heavy atom. The van der Waals surface area contributed by atoms with Gasteiger partial charge >= 0.3 is 5.69 Å². The van der Waals surface area contributed by atoms with E-state index in [9.17, 15) is 25.0 Å². The molecule has 1 amide bonds. The molecule has 0 spiro atoms. The van der Waals surface area contributed by atoms with Crippen molar-refractivity contribution in [1.82, 2.24) is 15.4 Å². The maximum absolute atomic E-state index is 12.3. The van der Waals surface area contributed by atoms with Crippen LogP contribution in [-0.4, -0.2) is 25.7 Å². The fraction of sp³-hybridized carbons (Fsp3) is 0. The third-order valence-corrected chi connectivity index (χ3v) is 4.95. The van der Waals surface area contributed by atoms with E-state index < -0.39 is 27.1 Å². The Kier molecular flexibility index (Phi) is 6.88. The summed E-state index contributed by atoms with van der Waals surface area (Å²) in [6.07, 6.45) is 1.02.